The van der Waals surface area contributed by atoms with Crippen molar-refractivity contribution < 1.29 is 13.2 Å². The Morgan fingerprint density at radius 1 is 1.19 bits per heavy atom. The zero-order valence-electron chi connectivity index (χ0n) is 10.6. The van der Waals surface area contributed by atoms with E-state index in [1.165, 1.54) is 0 Å². The Balaban J connectivity index is 3.67. The van der Waals surface area contributed by atoms with Crippen LogP contribution in [0.2, 0.25) is 0 Å². The van der Waals surface area contributed by atoms with E-state index in [0.29, 0.717) is 25.7 Å². The highest BCUT2D eigenvalue weighted by Gasteiger charge is 2.14. The summed E-state index contributed by atoms with van der Waals surface area (Å²) in [6.07, 6.45) is 0.971. The molecule has 0 aromatic heterocycles. The molecule has 0 saturated carbocycles. The summed E-state index contributed by atoms with van der Waals surface area (Å²) in [6, 6.07) is 0. The van der Waals surface area contributed by atoms with Crippen LogP contribution in [0.25, 0.3) is 0 Å². The standard InChI is InChI=1S/C11H25NO3S/c1-10(2)4-5-15-6-7-16(13,14)9-11(3)8-12/h10-11H,4-9,12H2,1-3H3. The van der Waals surface area contributed by atoms with Gasteiger partial charge in [0, 0.05) is 6.61 Å². The quantitative estimate of drug-likeness (QED) is 0.622. The highest BCUT2D eigenvalue weighted by Crippen LogP contribution is 2.02. The second-order valence-electron chi connectivity index (χ2n) is 4.75. The minimum Gasteiger partial charge on any atom is -0.380 e. The van der Waals surface area contributed by atoms with Crippen molar-refractivity contribution in [3.63, 3.8) is 0 Å². The first kappa shape index (κ1) is 15.9. The molecule has 0 aliphatic carbocycles. The van der Waals surface area contributed by atoms with Crippen molar-refractivity contribution in [2.75, 3.05) is 31.3 Å². The minimum absolute atomic E-state index is 0.0284. The average Bonchev–Trinajstić information content (AvgIpc) is 2.15. The predicted octanol–water partition coefficient (Wildman–Crippen LogP) is 1.06. The van der Waals surface area contributed by atoms with Gasteiger partial charge < -0.3 is 10.5 Å². The van der Waals surface area contributed by atoms with Crippen molar-refractivity contribution in [3.8, 4) is 0 Å². The second-order valence-corrected chi connectivity index (χ2v) is 6.98. The number of rotatable bonds is 9. The van der Waals surface area contributed by atoms with Gasteiger partial charge in [0.1, 0.15) is 0 Å². The number of ether oxygens (including phenoxy) is 1. The Labute approximate surface area is 99.5 Å². The Morgan fingerprint density at radius 3 is 2.31 bits per heavy atom. The van der Waals surface area contributed by atoms with Gasteiger partial charge in [-0.1, -0.05) is 20.8 Å². The lowest BCUT2D eigenvalue weighted by molar-refractivity contribution is 0.137. The molecule has 0 amide bonds. The summed E-state index contributed by atoms with van der Waals surface area (Å²) < 4.78 is 28.4. The topological polar surface area (TPSA) is 69.4 Å². The first-order valence-corrected chi connectivity index (χ1v) is 7.67. The maximum absolute atomic E-state index is 11.6. The molecule has 5 heteroatoms. The van der Waals surface area contributed by atoms with Gasteiger partial charge in [-0.2, -0.15) is 0 Å². The third kappa shape index (κ3) is 9.12. The van der Waals surface area contributed by atoms with Crippen LogP contribution in [0.3, 0.4) is 0 Å². The van der Waals surface area contributed by atoms with E-state index >= 15 is 0 Å². The second kappa shape index (κ2) is 8.03. The summed E-state index contributed by atoms with van der Waals surface area (Å²) in [5.74, 6) is 0.890. The zero-order valence-corrected chi connectivity index (χ0v) is 11.4. The summed E-state index contributed by atoms with van der Waals surface area (Å²) >= 11 is 0. The summed E-state index contributed by atoms with van der Waals surface area (Å²) in [5, 5.41) is 0. The van der Waals surface area contributed by atoms with Crippen molar-refractivity contribution in [2.45, 2.75) is 27.2 Å². The summed E-state index contributed by atoms with van der Waals surface area (Å²) in [7, 11) is -3.00. The lowest BCUT2D eigenvalue weighted by Gasteiger charge is -2.10. The molecule has 0 heterocycles. The molecule has 98 valence electrons. The SMILES string of the molecule is CC(C)CCOCCS(=O)(=O)CC(C)CN. The van der Waals surface area contributed by atoms with Crippen LogP contribution < -0.4 is 5.73 Å². The molecular formula is C11H25NO3S. The molecule has 2 N–H and O–H groups in total. The van der Waals surface area contributed by atoms with E-state index in [9.17, 15) is 8.42 Å². The van der Waals surface area contributed by atoms with E-state index in [0.717, 1.165) is 6.42 Å². The van der Waals surface area contributed by atoms with Crippen LogP contribution in [0, 0.1) is 11.8 Å². The smallest absolute Gasteiger partial charge is 0.152 e. The van der Waals surface area contributed by atoms with Gasteiger partial charge in [-0.3, -0.25) is 0 Å². The molecule has 0 radical (unpaired) electrons. The van der Waals surface area contributed by atoms with E-state index in [2.05, 4.69) is 13.8 Å². The van der Waals surface area contributed by atoms with Gasteiger partial charge in [0.15, 0.2) is 9.84 Å². The largest absolute Gasteiger partial charge is 0.380 e. The van der Waals surface area contributed by atoms with E-state index in [-0.39, 0.29) is 17.4 Å². The van der Waals surface area contributed by atoms with Crippen molar-refractivity contribution in [1.29, 1.82) is 0 Å². The monoisotopic (exact) mass is 251 g/mol. The molecule has 0 aliphatic rings. The van der Waals surface area contributed by atoms with Crippen LogP contribution in [-0.4, -0.2) is 39.7 Å². The van der Waals surface area contributed by atoms with Crippen LogP contribution >= 0.6 is 0 Å². The molecule has 16 heavy (non-hydrogen) atoms. The Kier molecular flexibility index (Phi) is 7.97. The molecule has 1 atom stereocenters. The molecule has 0 spiro atoms. The third-order valence-electron chi connectivity index (χ3n) is 2.32. The molecule has 0 aromatic carbocycles. The molecule has 1 unspecified atom stereocenters. The first-order chi connectivity index (χ1) is 7.37. The van der Waals surface area contributed by atoms with Crippen molar-refractivity contribution in [2.24, 2.45) is 17.6 Å². The van der Waals surface area contributed by atoms with Gasteiger partial charge in [-0.25, -0.2) is 8.42 Å². The maximum Gasteiger partial charge on any atom is 0.152 e. The van der Waals surface area contributed by atoms with Gasteiger partial charge in [-0.05, 0) is 24.8 Å². The van der Waals surface area contributed by atoms with Crippen molar-refractivity contribution in [1.82, 2.24) is 0 Å². The number of sulfone groups is 1. The summed E-state index contributed by atoms with van der Waals surface area (Å²) in [6.45, 7) is 7.42. The predicted molar refractivity (Wildman–Crippen MR) is 67.1 cm³/mol. The Bertz CT molecular complexity index is 262. The van der Waals surface area contributed by atoms with E-state index < -0.39 is 9.84 Å². The van der Waals surface area contributed by atoms with E-state index in [1.807, 2.05) is 6.92 Å². The Hall–Kier alpha value is -0.130. The van der Waals surface area contributed by atoms with Gasteiger partial charge >= 0.3 is 0 Å². The van der Waals surface area contributed by atoms with E-state index in [4.69, 9.17) is 10.5 Å². The molecule has 0 rings (SSSR count). The minimum atomic E-state index is -3.00. The highest BCUT2D eigenvalue weighted by atomic mass is 32.2. The van der Waals surface area contributed by atoms with Gasteiger partial charge in [0.05, 0.1) is 18.1 Å². The molecular weight excluding hydrogens is 226 g/mol. The van der Waals surface area contributed by atoms with Gasteiger partial charge in [0.25, 0.3) is 0 Å². The molecule has 0 bridgehead atoms. The van der Waals surface area contributed by atoms with E-state index in [1.54, 1.807) is 0 Å². The van der Waals surface area contributed by atoms with Crippen LogP contribution in [0.5, 0.6) is 0 Å². The zero-order chi connectivity index (χ0) is 12.6. The Morgan fingerprint density at radius 2 is 1.81 bits per heavy atom. The fraction of sp³-hybridized carbons (Fsp3) is 1.00. The molecule has 4 nitrogen and oxygen atoms in total. The molecule has 0 aromatic rings. The normalized spacial score (nSPS) is 14.3. The molecule has 0 aliphatic heterocycles. The molecule has 0 saturated heterocycles. The third-order valence-corrected chi connectivity index (χ3v) is 4.18. The number of nitrogens with two attached hydrogens (primary N) is 1. The number of hydrogen-bond acceptors (Lipinski definition) is 4. The maximum atomic E-state index is 11.6. The van der Waals surface area contributed by atoms with Crippen molar-refractivity contribution >= 4 is 9.84 Å². The highest BCUT2D eigenvalue weighted by molar-refractivity contribution is 7.91. The summed E-state index contributed by atoms with van der Waals surface area (Å²) in [4.78, 5) is 0. The molecule has 0 fully saturated rings. The van der Waals surface area contributed by atoms with Gasteiger partial charge in [-0.15, -0.1) is 0 Å². The van der Waals surface area contributed by atoms with Crippen LogP contribution in [0.1, 0.15) is 27.2 Å². The first-order valence-electron chi connectivity index (χ1n) is 5.85. The fourth-order valence-corrected chi connectivity index (χ4v) is 2.73. The lowest BCUT2D eigenvalue weighted by atomic mass is 10.1. The van der Waals surface area contributed by atoms with Crippen LogP contribution in [-0.2, 0) is 14.6 Å². The lowest BCUT2D eigenvalue weighted by Crippen LogP contribution is -2.24. The van der Waals surface area contributed by atoms with Crippen LogP contribution in [0.4, 0.5) is 0 Å². The van der Waals surface area contributed by atoms with Crippen molar-refractivity contribution in [3.05, 3.63) is 0 Å². The van der Waals surface area contributed by atoms with Crippen LogP contribution in [0.15, 0.2) is 0 Å². The average molecular weight is 251 g/mol. The van der Waals surface area contributed by atoms with Gasteiger partial charge in [0.2, 0.25) is 0 Å². The summed E-state index contributed by atoms with van der Waals surface area (Å²) in [5.41, 5.74) is 5.39. The fourth-order valence-electron chi connectivity index (χ4n) is 1.19. The number of hydrogen-bond donors (Lipinski definition) is 1.